The van der Waals surface area contributed by atoms with Crippen LogP contribution in [0.2, 0.25) is 0 Å². The molecule has 1 saturated carbocycles. The minimum atomic E-state index is -0.113. The molecule has 2 aliphatic rings. The van der Waals surface area contributed by atoms with Crippen molar-refractivity contribution in [1.82, 2.24) is 15.1 Å². The summed E-state index contributed by atoms with van der Waals surface area (Å²) in [4.78, 5) is 28.2. The second-order valence-corrected chi connectivity index (χ2v) is 6.97. The van der Waals surface area contributed by atoms with E-state index < -0.39 is 0 Å². The molecule has 0 spiro atoms. The van der Waals surface area contributed by atoms with Gasteiger partial charge in [-0.1, -0.05) is 32.1 Å². The molecule has 1 atom stereocenters. The van der Waals surface area contributed by atoms with Gasteiger partial charge in [-0.2, -0.15) is 0 Å². The largest absolute Gasteiger partial charge is 0.352 e. The quantitative estimate of drug-likeness (QED) is 0.861. The van der Waals surface area contributed by atoms with Crippen LogP contribution in [0, 0.1) is 0 Å². The summed E-state index contributed by atoms with van der Waals surface area (Å²) in [5, 5.41) is 3.20. The van der Waals surface area contributed by atoms with E-state index >= 15 is 0 Å². The zero-order valence-electron chi connectivity index (χ0n) is 14.1. The van der Waals surface area contributed by atoms with E-state index in [0.29, 0.717) is 12.6 Å². The Bertz CT molecular complexity index is 376. The van der Waals surface area contributed by atoms with Gasteiger partial charge in [-0.3, -0.25) is 14.5 Å². The number of likely N-dealkylation sites (tertiary alicyclic amines) is 1. The lowest BCUT2D eigenvalue weighted by Gasteiger charge is -2.27. The molecule has 1 heterocycles. The van der Waals surface area contributed by atoms with Crippen LogP contribution >= 0.6 is 0 Å². The molecule has 5 nitrogen and oxygen atoms in total. The summed E-state index contributed by atoms with van der Waals surface area (Å²) in [5.74, 6) is 0.209. The molecule has 1 unspecified atom stereocenters. The number of hydrogen-bond acceptors (Lipinski definition) is 3. The molecule has 0 aromatic heterocycles. The van der Waals surface area contributed by atoms with Crippen LogP contribution in [0.5, 0.6) is 0 Å². The molecule has 5 heteroatoms. The first-order valence-corrected chi connectivity index (χ1v) is 8.82. The van der Waals surface area contributed by atoms with Crippen molar-refractivity contribution in [3.63, 3.8) is 0 Å². The van der Waals surface area contributed by atoms with Crippen molar-refractivity contribution in [3.05, 3.63) is 0 Å². The summed E-state index contributed by atoms with van der Waals surface area (Å²) in [6.45, 7) is 1.21. The highest BCUT2D eigenvalue weighted by Gasteiger charge is 2.32. The molecule has 0 radical (unpaired) electrons. The van der Waals surface area contributed by atoms with Crippen molar-refractivity contribution in [2.75, 3.05) is 27.2 Å². The van der Waals surface area contributed by atoms with E-state index in [1.807, 2.05) is 4.90 Å². The fourth-order valence-corrected chi connectivity index (χ4v) is 3.65. The van der Waals surface area contributed by atoms with E-state index in [4.69, 9.17) is 0 Å². The molecule has 2 amide bonds. The van der Waals surface area contributed by atoms with Gasteiger partial charge in [-0.05, 0) is 32.2 Å². The van der Waals surface area contributed by atoms with Crippen LogP contribution in [0.4, 0.5) is 0 Å². The van der Waals surface area contributed by atoms with E-state index in [0.717, 1.165) is 32.2 Å². The van der Waals surface area contributed by atoms with Crippen LogP contribution in [0.1, 0.15) is 57.8 Å². The Morgan fingerprint density at radius 1 is 1.00 bits per heavy atom. The highest BCUT2D eigenvalue weighted by molar-refractivity contribution is 5.83. The smallest absolute Gasteiger partial charge is 0.239 e. The third kappa shape index (κ3) is 4.97. The molecule has 1 N–H and O–H groups in total. The first-order valence-electron chi connectivity index (χ1n) is 8.82. The fourth-order valence-electron chi connectivity index (χ4n) is 3.65. The van der Waals surface area contributed by atoms with E-state index in [1.54, 1.807) is 19.0 Å². The van der Waals surface area contributed by atoms with Crippen molar-refractivity contribution in [3.8, 4) is 0 Å². The number of carbonyl (C=O) groups is 2. The predicted octanol–water partition coefficient (Wildman–Crippen LogP) is 1.77. The Morgan fingerprint density at radius 2 is 1.64 bits per heavy atom. The van der Waals surface area contributed by atoms with Crippen LogP contribution in [0.15, 0.2) is 0 Å². The molecule has 1 aliphatic heterocycles. The van der Waals surface area contributed by atoms with E-state index in [-0.39, 0.29) is 17.9 Å². The predicted molar refractivity (Wildman–Crippen MR) is 87.5 cm³/mol. The Morgan fingerprint density at radius 3 is 2.27 bits per heavy atom. The van der Waals surface area contributed by atoms with Gasteiger partial charge in [0.1, 0.15) is 0 Å². The Hall–Kier alpha value is -1.10. The fraction of sp³-hybridized carbons (Fsp3) is 0.882. The molecule has 1 saturated heterocycles. The van der Waals surface area contributed by atoms with Gasteiger partial charge < -0.3 is 10.2 Å². The first kappa shape index (κ1) is 17.3. The number of nitrogens with one attached hydrogen (secondary N) is 1. The number of rotatable bonds is 4. The van der Waals surface area contributed by atoms with Crippen LogP contribution < -0.4 is 5.32 Å². The summed E-state index contributed by atoms with van der Waals surface area (Å²) < 4.78 is 0. The van der Waals surface area contributed by atoms with Gasteiger partial charge in [0.05, 0.1) is 12.6 Å². The van der Waals surface area contributed by atoms with Crippen LogP contribution in [0.25, 0.3) is 0 Å². The maximum absolute atomic E-state index is 12.3. The maximum Gasteiger partial charge on any atom is 0.239 e. The summed E-state index contributed by atoms with van der Waals surface area (Å²) in [5.41, 5.74) is 0. The van der Waals surface area contributed by atoms with Gasteiger partial charge in [-0.15, -0.1) is 0 Å². The van der Waals surface area contributed by atoms with Crippen LogP contribution in [-0.2, 0) is 9.59 Å². The monoisotopic (exact) mass is 309 g/mol. The summed E-state index contributed by atoms with van der Waals surface area (Å²) in [6, 6.07) is 0.219. The van der Waals surface area contributed by atoms with Crippen molar-refractivity contribution in [2.45, 2.75) is 69.9 Å². The van der Waals surface area contributed by atoms with Gasteiger partial charge in [0.15, 0.2) is 0 Å². The molecule has 126 valence electrons. The first-order chi connectivity index (χ1) is 10.6. The number of nitrogens with zero attached hydrogens (tertiary/aromatic N) is 2. The zero-order chi connectivity index (χ0) is 15.9. The lowest BCUT2D eigenvalue weighted by Crippen LogP contribution is -2.48. The Balaban J connectivity index is 1.81. The molecule has 0 bridgehead atoms. The van der Waals surface area contributed by atoms with Crippen molar-refractivity contribution >= 4 is 11.8 Å². The van der Waals surface area contributed by atoms with Gasteiger partial charge in [0, 0.05) is 20.1 Å². The molecule has 0 aromatic rings. The number of amides is 2. The van der Waals surface area contributed by atoms with E-state index in [9.17, 15) is 9.59 Å². The third-order valence-electron chi connectivity index (χ3n) is 4.91. The minimum Gasteiger partial charge on any atom is -0.352 e. The molecule has 0 aromatic carbocycles. The number of hydrogen-bond donors (Lipinski definition) is 1. The number of carbonyl (C=O) groups excluding carboxylic acids is 2. The van der Waals surface area contributed by atoms with Crippen LogP contribution in [-0.4, -0.2) is 60.9 Å². The molecular formula is C17H31N3O2. The normalized spacial score (nSPS) is 24.5. The van der Waals surface area contributed by atoms with E-state index in [1.165, 1.54) is 32.1 Å². The van der Waals surface area contributed by atoms with Gasteiger partial charge in [0.2, 0.25) is 11.8 Å². The standard InChI is InChI=1S/C17H31N3O2/c1-19(2)17(22)15-11-8-12-20(15)13-16(21)18-14-9-6-4-3-5-7-10-14/h14-15H,3-13H2,1-2H3,(H,18,21). The second kappa shape index (κ2) is 8.51. The Labute approximate surface area is 134 Å². The molecule has 1 aliphatic carbocycles. The van der Waals surface area contributed by atoms with Crippen molar-refractivity contribution in [1.29, 1.82) is 0 Å². The summed E-state index contributed by atoms with van der Waals surface area (Å²) >= 11 is 0. The van der Waals surface area contributed by atoms with Gasteiger partial charge >= 0.3 is 0 Å². The topological polar surface area (TPSA) is 52.7 Å². The lowest BCUT2D eigenvalue weighted by molar-refractivity contribution is -0.134. The Kier molecular flexibility index (Phi) is 6.68. The lowest BCUT2D eigenvalue weighted by atomic mass is 9.97. The number of likely N-dealkylation sites (N-methyl/N-ethyl adjacent to an activating group) is 1. The highest BCUT2D eigenvalue weighted by atomic mass is 16.2. The summed E-state index contributed by atoms with van der Waals surface area (Å²) in [7, 11) is 3.57. The average Bonchev–Trinajstić information content (AvgIpc) is 2.88. The van der Waals surface area contributed by atoms with Crippen molar-refractivity contribution in [2.24, 2.45) is 0 Å². The van der Waals surface area contributed by atoms with E-state index in [2.05, 4.69) is 5.32 Å². The zero-order valence-corrected chi connectivity index (χ0v) is 14.1. The maximum atomic E-state index is 12.3. The average molecular weight is 309 g/mol. The molecule has 22 heavy (non-hydrogen) atoms. The molecule has 2 rings (SSSR count). The van der Waals surface area contributed by atoms with Gasteiger partial charge in [0.25, 0.3) is 0 Å². The molecular weight excluding hydrogens is 278 g/mol. The summed E-state index contributed by atoms with van der Waals surface area (Å²) in [6.07, 6.45) is 10.4. The van der Waals surface area contributed by atoms with Gasteiger partial charge in [-0.25, -0.2) is 0 Å². The minimum absolute atomic E-state index is 0.0871. The SMILES string of the molecule is CN(C)C(=O)C1CCCN1CC(=O)NC1CCCCCCC1. The second-order valence-electron chi connectivity index (χ2n) is 6.97. The van der Waals surface area contributed by atoms with Crippen LogP contribution in [0.3, 0.4) is 0 Å². The third-order valence-corrected chi connectivity index (χ3v) is 4.91. The highest BCUT2D eigenvalue weighted by Crippen LogP contribution is 2.19. The van der Waals surface area contributed by atoms with Crippen molar-refractivity contribution < 1.29 is 9.59 Å². The molecule has 2 fully saturated rings.